The van der Waals surface area contributed by atoms with Crippen LogP contribution in [-0.2, 0) is 0 Å². The van der Waals surface area contributed by atoms with Crippen LogP contribution in [0.4, 0.5) is 0 Å². The molecule has 1 aromatic rings. The summed E-state index contributed by atoms with van der Waals surface area (Å²) in [6, 6.07) is 4.03. The fraction of sp³-hybridized carbons (Fsp3) is 0.222. The van der Waals surface area contributed by atoms with Crippen molar-refractivity contribution < 1.29 is 0 Å². The molecule has 0 unspecified atom stereocenters. The van der Waals surface area contributed by atoms with Gasteiger partial charge in [-0.3, -0.25) is 0 Å². The van der Waals surface area contributed by atoms with E-state index in [-0.39, 0.29) is 0 Å². The Bertz CT molecular complexity index is 310. The first-order chi connectivity index (χ1) is 5.52. The normalized spacial score (nSPS) is 9.92. The minimum absolute atomic E-state index is 0.470. The van der Waals surface area contributed by atoms with E-state index >= 15 is 0 Å². The quantitative estimate of drug-likeness (QED) is 0.768. The van der Waals surface area contributed by atoms with Crippen molar-refractivity contribution >= 4 is 33.1 Å². The maximum Gasteiger partial charge on any atom is 0.104 e. The van der Waals surface area contributed by atoms with E-state index in [1.807, 2.05) is 26.0 Å². The Hall–Kier alpha value is -0.410. The van der Waals surface area contributed by atoms with Gasteiger partial charge in [0.25, 0.3) is 0 Å². The Balaban J connectivity index is 3.38. The minimum Gasteiger partial charge on any atom is -0.389 e. The largest absolute Gasteiger partial charge is 0.389 e. The molecule has 0 fully saturated rings. The van der Waals surface area contributed by atoms with E-state index in [1.54, 1.807) is 0 Å². The van der Waals surface area contributed by atoms with Crippen molar-refractivity contribution in [2.75, 3.05) is 0 Å². The summed E-state index contributed by atoms with van der Waals surface area (Å²) in [6.07, 6.45) is 0. The average molecular weight is 244 g/mol. The van der Waals surface area contributed by atoms with E-state index in [0.29, 0.717) is 4.99 Å². The molecule has 1 nitrogen and oxygen atoms in total. The first-order valence-electron chi connectivity index (χ1n) is 3.59. The molecule has 0 bridgehead atoms. The highest BCUT2D eigenvalue weighted by molar-refractivity contribution is 9.10. The molecular weight excluding hydrogens is 234 g/mol. The van der Waals surface area contributed by atoms with E-state index in [9.17, 15) is 0 Å². The van der Waals surface area contributed by atoms with Crippen molar-refractivity contribution in [3.8, 4) is 0 Å². The third-order valence-electron chi connectivity index (χ3n) is 1.74. The molecule has 64 valence electrons. The summed E-state index contributed by atoms with van der Waals surface area (Å²) >= 11 is 8.35. The lowest BCUT2D eigenvalue weighted by Gasteiger charge is -2.08. The standard InChI is InChI=1S/C9H10BrNS/c1-5-3-7(10)4-6(2)8(5)9(11)12/h3-4H,1-2H3,(H2,11,12). The predicted octanol–water partition coefficient (Wildman–Crippen LogP) is 2.70. The summed E-state index contributed by atoms with van der Waals surface area (Å²) < 4.78 is 1.07. The third kappa shape index (κ3) is 1.84. The monoisotopic (exact) mass is 243 g/mol. The molecule has 0 saturated heterocycles. The minimum atomic E-state index is 0.470. The molecule has 0 aliphatic rings. The Kier molecular flexibility index (Phi) is 2.85. The van der Waals surface area contributed by atoms with Gasteiger partial charge in [0.2, 0.25) is 0 Å². The zero-order valence-electron chi connectivity index (χ0n) is 7.02. The predicted molar refractivity (Wildman–Crippen MR) is 59.5 cm³/mol. The van der Waals surface area contributed by atoms with Gasteiger partial charge in [-0.05, 0) is 37.1 Å². The number of halogens is 1. The number of thiocarbonyl (C=S) groups is 1. The first-order valence-corrected chi connectivity index (χ1v) is 4.79. The lowest BCUT2D eigenvalue weighted by atomic mass is 10.0. The Morgan fingerprint density at radius 1 is 1.33 bits per heavy atom. The van der Waals surface area contributed by atoms with E-state index in [0.717, 1.165) is 21.2 Å². The molecule has 0 atom stereocenters. The van der Waals surface area contributed by atoms with Gasteiger partial charge in [0.1, 0.15) is 4.99 Å². The smallest absolute Gasteiger partial charge is 0.104 e. The molecular formula is C9H10BrNS. The average Bonchev–Trinajstić information content (AvgIpc) is 1.82. The number of nitrogens with two attached hydrogens (primary N) is 1. The first kappa shape index (κ1) is 9.68. The van der Waals surface area contributed by atoms with Crippen LogP contribution in [-0.4, -0.2) is 4.99 Å². The van der Waals surface area contributed by atoms with Crippen molar-refractivity contribution in [1.29, 1.82) is 0 Å². The van der Waals surface area contributed by atoms with Gasteiger partial charge in [0.15, 0.2) is 0 Å². The fourth-order valence-corrected chi connectivity index (χ4v) is 2.31. The molecule has 12 heavy (non-hydrogen) atoms. The Morgan fingerprint density at radius 2 is 1.75 bits per heavy atom. The second-order valence-electron chi connectivity index (χ2n) is 2.78. The lowest BCUT2D eigenvalue weighted by Crippen LogP contribution is -2.13. The molecule has 1 rings (SSSR count). The number of benzene rings is 1. The van der Waals surface area contributed by atoms with Gasteiger partial charge in [-0.25, -0.2) is 0 Å². The molecule has 0 heterocycles. The van der Waals surface area contributed by atoms with Crippen molar-refractivity contribution in [3.63, 3.8) is 0 Å². The third-order valence-corrected chi connectivity index (χ3v) is 2.41. The topological polar surface area (TPSA) is 26.0 Å². The van der Waals surface area contributed by atoms with E-state index in [4.69, 9.17) is 18.0 Å². The maximum atomic E-state index is 5.58. The zero-order valence-corrected chi connectivity index (χ0v) is 9.42. The SMILES string of the molecule is Cc1cc(Br)cc(C)c1C(N)=S. The van der Waals surface area contributed by atoms with Crippen LogP contribution in [0.3, 0.4) is 0 Å². The van der Waals surface area contributed by atoms with E-state index in [1.165, 1.54) is 0 Å². The van der Waals surface area contributed by atoms with Gasteiger partial charge >= 0.3 is 0 Å². The highest BCUT2D eigenvalue weighted by Crippen LogP contribution is 2.20. The second-order valence-corrected chi connectivity index (χ2v) is 4.13. The summed E-state index contributed by atoms with van der Waals surface area (Å²) in [7, 11) is 0. The van der Waals surface area contributed by atoms with Crippen molar-refractivity contribution in [3.05, 3.63) is 33.3 Å². The Labute approximate surface area is 86.1 Å². The Morgan fingerprint density at radius 3 is 2.08 bits per heavy atom. The molecule has 1 aromatic carbocycles. The van der Waals surface area contributed by atoms with Gasteiger partial charge in [-0.1, -0.05) is 28.1 Å². The fourth-order valence-electron chi connectivity index (χ4n) is 1.30. The summed E-state index contributed by atoms with van der Waals surface area (Å²) in [5.41, 5.74) is 8.81. The van der Waals surface area contributed by atoms with Gasteiger partial charge in [-0.15, -0.1) is 0 Å². The molecule has 0 radical (unpaired) electrons. The molecule has 0 aliphatic carbocycles. The van der Waals surface area contributed by atoms with E-state index < -0.39 is 0 Å². The van der Waals surface area contributed by atoms with Gasteiger partial charge in [0, 0.05) is 10.0 Å². The van der Waals surface area contributed by atoms with Crippen LogP contribution in [0.5, 0.6) is 0 Å². The van der Waals surface area contributed by atoms with Gasteiger partial charge < -0.3 is 5.73 Å². The zero-order chi connectivity index (χ0) is 9.30. The molecule has 0 saturated carbocycles. The molecule has 0 amide bonds. The van der Waals surface area contributed by atoms with Crippen LogP contribution in [0.2, 0.25) is 0 Å². The lowest BCUT2D eigenvalue weighted by molar-refractivity contribution is 1.34. The van der Waals surface area contributed by atoms with Crippen LogP contribution in [0, 0.1) is 13.8 Å². The highest BCUT2D eigenvalue weighted by atomic mass is 79.9. The van der Waals surface area contributed by atoms with Gasteiger partial charge in [0.05, 0.1) is 0 Å². The van der Waals surface area contributed by atoms with Crippen LogP contribution >= 0.6 is 28.1 Å². The number of hydrogen-bond acceptors (Lipinski definition) is 1. The number of rotatable bonds is 1. The van der Waals surface area contributed by atoms with Crippen molar-refractivity contribution in [2.24, 2.45) is 5.73 Å². The molecule has 0 aliphatic heterocycles. The summed E-state index contributed by atoms with van der Waals surface area (Å²) in [4.78, 5) is 0.470. The van der Waals surface area contributed by atoms with Crippen molar-refractivity contribution in [1.82, 2.24) is 0 Å². The second kappa shape index (κ2) is 3.54. The highest BCUT2D eigenvalue weighted by Gasteiger charge is 2.05. The van der Waals surface area contributed by atoms with Crippen LogP contribution in [0.25, 0.3) is 0 Å². The van der Waals surface area contributed by atoms with Gasteiger partial charge in [-0.2, -0.15) is 0 Å². The van der Waals surface area contributed by atoms with Crippen LogP contribution in [0.1, 0.15) is 16.7 Å². The number of hydrogen-bond donors (Lipinski definition) is 1. The van der Waals surface area contributed by atoms with E-state index in [2.05, 4.69) is 15.9 Å². The summed E-state index contributed by atoms with van der Waals surface area (Å²) in [5, 5.41) is 0. The molecule has 3 heteroatoms. The number of aryl methyl sites for hydroxylation is 2. The van der Waals surface area contributed by atoms with Crippen LogP contribution in [0.15, 0.2) is 16.6 Å². The molecule has 0 aromatic heterocycles. The molecule has 2 N–H and O–H groups in total. The maximum absolute atomic E-state index is 5.58. The van der Waals surface area contributed by atoms with Crippen molar-refractivity contribution in [2.45, 2.75) is 13.8 Å². The summed E-state index contributed by atoms with van der Waals surface area (Å²) in [5.74, 6) is 0. The summed E-state index contributed by atoms with van der Waals surface area (Å²) in [6.45, 7) is 4.01. The van der Waals surface area contributed by atoms with Crippen LogP contribution < -0.4 is 5.73 Å². The molecule has 0 spiro atoms.